The van der Waals surface area contributed by atoms with Crippen LogP contribution in [0.15, 0.2) is 24.8 Å². The Kier molecular flexibility index (Phi) is 5.15. The quantitative estimate of drug-likeness (QED) is 0.745. The molecule has 1 aliphatic rings. The molecule has 0 amide bonds. The molecule has 1 aromatic rings. The highest BCUT2D eigenvalue weighted by molar-refractivity contribution is 5.54. The third kappa shape index (κ3) is 4.99. The number of hydrogen-bond acceptors (Lipinski definition) is 2. The van der Waals surface area contributed by atoms with Gasteiger partial charge in [-0.25, -0.2) is 0 Å². The number of benzene rings is 1. The molecule has 0 heterocycles. The van der Waals surface area contributed by atoms with Crippen molar-refractivity contribution in [2.24, 2.45) is 5.92 Å². The van der Waals surface area contributed by atoms with Crippen LogP contribution < -0.4 is 9.47 Å². The maximum Gasteiger partial charge on any atom is 0.573 e. The Bertz CT molecular complexity index is 477. The van der Waals surface area contributed by atoms with Gasteiger partial charge in [0.15, 0.2) is 11.5 Å². The largest absolute Gasteiger partial charge is 0.573 e. The van der Waals surface area contributed by atoms with Crippen molar-refractivity contribution in [2.45, 2.75) is 38.5 Å². The topological polar surface area (TPSA) is 18.5 Å². The second kappa shape index (κ2) is 6.87. The number of halogens is 3. The van der Waals surface area contributed by atoms with Crippen LogP contribution in [0.1, 0.15) is 37.7 Å². The standard InChI is InChI=1S/C16H19F3O2/c1-2-12-8-9-14(15(10-12)21-16(17,18)19)20-11-13-6-4-3-5-7-13/h2,8-10,13H,1,3-7,11H2. The summed E-state index contributed by atoms with van der Waals surface area (Å²) >= 11 is 0. The molecule has 0 saturated heterocycles. The minimum absolute atomic E-state index is 0.128. The van der Waals surface area contributed by atoms with Crippen molar-refractivity contribution in [3.05, 3.63) is 30.3 Å². The van der Waals surface area contributed by atoms with Crippen LogP contribution >= 0.6 is 0 Å². The van der Waals surface area contributed by atoms with Crippen LogP contribution in [0.25, 0.3) is 6.08 Å². The Labute approximate surface area is 122 Å². The zero-order chi connectivity index (χ0) is 15.3. The number of alkyl halides is 3. The molecule has 21 heavy (non-hydrogen) atoms. The molecule has 0 radical (unpaired) electrons. The van der Waals surface area contributed by atoms with E-state index in [2.05, 4.69) is 11.3 Å². The van der Waals surface area contributed by atoms with Gasteiger partial charge in [-0.15, -0.1) is 13.2 Å². The van der Waals surface area contributed by atoms with E-state index in [0.717, 1.165) is 25.7 Å². The zero-order valence-corrected chi connectivity index (χ0v) is 11.8. The lowest BCUT2D eigenvalue weighted by Crippen LogP contribution is -2.19. The highest BCUT2D eigenvalue weighted by atomic mass is 19.4. The first-order valence-electron chi connectivity index (χ1n) is 7.13. The number of hydrogen-bond donors (Lipinski definition) is 0. The van der Waals surface area contributed by atoms with Gasteiger partial charge in [0.2, 0.25) is 0 Å². The van der Waals surface area contributed by atoms with E-state index in [1.807, 2.05) is 0 Å². The highest BCUT2D eigenvalue weighted by Crippen LogP contribution is 2.34. The van der Waals surface area contributed by atoms with Crippen LogP contribution in [0.2, 0.25) is 0 Å². The van der Waals surface area contributed by atoms with Crippen molar-refractivity contribution in [3.8, 4) is 11.5 Å². The monoisotopic (exact) mass is 300 g/mol. The molecule has 0 atom stereocenters. The van der Waals surface area contributed by atoms with Crippen molar-refractivity contribution < 1.29 is 22.6 Å². The third-order valence-electron chi connectivity index (χ3n) is 3.63. The van der Waals surface area contributed by atoms with Crippen molar-refractivity contribution in [1.29, 1.82) is 0 Å². The average Bonchev–Trinajstić information content (AvgIpc) is 2.45. The van der Waals surface area contributed by atoms with Gasteiger partial charge in [0.25, 0.3) is 0 Å². The normalized spacial score (nSPS) is 16.5. The molecule has 0 bridgehead atoms. The van der Waals surface area contributed by atoms with Gasteiger partial charge in [0.1, 0.15) is 0 Å². The Hall–Kier alpha value is -1.65. The van der Waals surface area contributed by atoms with Crippen molar-refractivity contribution in [2.75, 3.05) is 6.61 Å². The van der Waals surface area contributed by atoms with E-state index < -0.39 is 6.36 Å². The fraction of sp³-hybridized carbons (Fsp3) is 0.500. The Morgan fingerprint density at radius 1 is 1.14 bits per heavy atom. The van der Waals surface area contributed by atoms with E-state index in [4.69, 9.17) is 4.74 Å². The minimum Gasteiger partial charge on any atom is -0.489 e. The van der Waals surface area contributed by atoms with Gasteiger partial charge in [0.05, 0.1) is 6.61 Å². The fourth-order valence-corrected chi connectivity index (χ4v) is 2.54. The predicted octanol–water partition coefficient (Wildman–Crippen LogP) is 5.19. The molecule has 2 rings (SSSR count). The first-order valence-corrected chi connectivity index (χ1v) is 7.13. The third-order valence-corrected chi connectivity index (χ3v) is 3.63. The van der Waals surface area contributed by atoms with Gasteiger partial charge in [-0.05, 0) is 36.5 Å². The second-order valence-electron chi connectivity index (χ2n) is 5.27. The van der Waals surface area contributed by atoms with Crippen LogP contribution in [0.5, 0.6) is 11.5 Å². The average molecular weight is 300 g/mol. The maximum atomic E-state index is 12.4. The molecular weight excluding hydrogens is 281 g/mol. The molecule has 0 spiro atoms. The summed E-state index contributed by atoms with van der Waals surface area (Å²) in [5.41, 5.74) is 0.555. The first kappa shape index (κ1) is 15.7. The summed E-state index contributed by atoms with van der Waals surface area (Å²) < 4.78 is 47.0. The predicted molar refractivity (Wildman–Crippen MR) is 75.3 cm³/mol. The summed E-state index contributed by atoms with van der Waals surface area (Å²) in [6, 6.07) is 4.45. The molecule has 0 aliphatic heterocycles. The van der Waals surface area contributed by atoms with E-state index >= 15 is 0 Å². The van der Waals surface area contributed by atoms with Crippen LogP contribution in [-0.2, 0) is 0 Å². The molecule has 0 N–H and O–H groups in total. The lowest BCUT2D eigenvalue weighted by molar-refractivity contribution is -0.275. The second-order valence-corrected chi connectivity index (χ2v) is 5.27. The van der Waals surface area contributed by atoms with Gasteiger partial charge in [-0.1, -0.05) is 38.0 Å². The lowest BCUT2D eigenvalue weighted by atomic mass is 9.90. The van der Waals surface area contributed by atoms with Crippen molar-refractivity contribution in [3.63, 3.8) is 0 Å². The van der Waals surface area contributed by atoms with Crippen LogP contribution in [0.4, 0.5) is 13.2 Å². The van der Waals surface area contributed by atoms with E-state index in [0.29, 0.717) is 18.1 Å². The van der Waals surface area contributed by atoms with Crippen LogP contribution in [0, 0.1) is 5.92 Å². The SMILES string of the molecule is C=Cc1ccc(OCC2CCCCC2)c(OC(F)(F)F)c1. The molecule has 1 saturated carbocycles. The lowest BCUT2D eigenvalue weighted by Gasteiger charge is -2.22. The summed E-state index contributed by atoms with van der Waals surface area (Å²) in [6.07, 6.45) is 2.43. The summed E-state index contributed by atoms with van der Waals surface area (Å²) in [7, 11) is 0. The maximum absolute atomic E-state index is 12.4. The van der Waals surface area contributed by atoms with Gasteiger partial charge >= 0.3 is 6.36 Å². The molecule has 1 aliphatic carbocycles. The fourth-order valence-electron chi connectivity index (χ4n) is 2.54. The van der Waals surface area contributed by atoms with Gasteiger partial charge < -0.3 is 9.47 Å². The molecule has 2 nitrogen and oxygen atoms in total. The molecule has 1 fully saturated rings. The van der Waals surface area contributed by atoms with Gasteiger partial charge in [0, 0.05) is 0 Å². The van der Waals surface area contributed by atoms with E-state index in [9.17, 15) is 13.2 Å². The van der Waals surface area contributed by atoms with Gasteiger partial charge in [-0.3, -0.25) is 0 Å². The minimum atomic E-state index is -4.73. The smallest absolute Gasteiger partial charge is 0.489 e. The van der Waals surface area contributed by atoms with E-state index in [1.54, 1.807) is 6.07 Å². The molecule has 5 heteroatoms. The molecule has 0 unspecified atom stereocenters. The van der Waals surface area contributed by atoms with Crippen molar-refractivity contribution in [1.82, 2.24) is 0 Å². The summed E-state index contributed by atoms with van der Waals surface area (Å²) in [6.45, 7) is 3.97. The Morgan fingerprint density at radius 2 is 1.86 bits per heavy atom. The molecule has 0 aromatic heterocycles. The molecular formula is C16H19F3O2. The molecule has 1 aromatic carbocycles. The first-order chi connectivity index (χ1) is 9.98. The Balaban J connectivity index is 2.07. The van der Waals surface area contributed by atoms with Crippen LogP contribution in [0.3, 0.4) is 0 Å². The van der Waals surface area contributed by atoms with E-state index in [-0.39, 0.29) is 11.5 Å². The summed E-state index contributed by atoms with van der Waals surface area (Å²) in [5, 5.41) is 0. The van der Waals surface area contributed by atoms with Crippen molar-refractivity contribution >= 4 is 6.08 Å². The number of ether oxygens (including phenoxy) is 2. The number of rotatable bonds is 5. The van der Waals surface area contributed by atoms with Crippen LogP contribution in [-0.4, -0.2) is 13.0 Å². The van der Waals surface area contributed by atoms with Gasteiger partial charge in [-0.2, -0.15) is 0 Å². The van der Waals surface area contributed by atoms with E-state index in [1.165, 1.54) is 24.6 Å². The Morgan fingerprint density at radius 3 is 2.48 bits per heavy atom. The summed E-state index contributed by atoms with van der Waals surface area (Å²) in [4.78, 5) is 0. The zero-order valence-electron chi connectivity index (χ0n) is 11.8. The summed E-state index contributed by atoms with van der Waals surface area (Å²) in [5.74, 6) is 0.232. The molecule has 116 valence electrons. The highest BCUT2D eigenvalue weighted by Gasteiger charge is 2.32.